The summed E-state index contributed by atoms with van der Waals surface area (Å²) >= 11 is 0. The largest absolute Gasteiger partial charge is 0.502 e. The zero-order valence-corrected chi connectivity index (χ0v) is 26.0. The maximum atomic E-state index is 13.9. The van der Waals surface area contributed by atoms with Gasteiger partial charge in [-0.15, -0.1) is 0 Å². The highest BCUT2D eigenvalue weighted by Gasteiger charge is 2.50. The average Bonchev–Trinajstić information content (AvgIpc) is 3.44. The Bertz CT molecular complexity index is 2050. The SMILES string of the molecule is Nc1c(S(=O)(=O)NC(=O)c2ccccc2Oc2cnc3[nH]ccc3c2)ccc(CC2CN(C3COC3)CCO2)c1S(=O)(=O)C(F)(F)F. The second-order valence-corrected chi connectivity index (χ2v) is 14.4. The zero-order chi connectivity index (χ0) is 33.6. The third-order valence-corrected chi connectivity index (χ3v) is 10.8. The van der Waals surface area contributed by atoms with Crippen molar-refractivity contribution in [1.29, 1.82) is 0 Å². The van der Waals surface area contributed by atoms with Crippen molar-refractivity contribution in [2.75, 3.05) is 38.6 Å². The van der Waals surface area contributed by atoms with Gasteiger partial charge in [-0.3, -0.25) is 9.69 Å². The molecule has 2 aliphatic rings. The van der Waals surface area contributed by atoms with Gasteiger partial charge < -0.3 is 24.9 Å². The number of nitrogens with zero attached hydrogens (tertiary/aromatic N) is 2. The lowest BCUT2D eigenvalue weighted by Gasteiger charge is -2.42. The number of sulfonamides is 1. The fourth-order valence-electron chi connectivity index (χ4n) is 5.41. The number of halogens is 3. The number of rotatable bonds is 9. The number of morpholine rings is 1. The average molecular weight is 696 g/mol. The number of anilines is 1. The Labute approximate surface area is 266 Å². The van der Waals surface area contributed by atoms with Crippen molar-refractivity contribution < 1.29 is 49.0 Å². The van der Waals surface area contributed by atoms with E-state index in [0.29, 0.717) is 30.8 Å². The summed E-state index contributed by atoms with van der Waals surface area (Å²) in [6, 6.07) is 10.9. The van der Waals surface area contributed by atoms with Crippen molar-refractivity contribution >= 4 is 42.5 Å². The molecule has 47 heavy (non-hydrogen) atoms. The van der Waals surface area contributed by atoms with Gasteiger partial charge in [-0.25, -0.2) is 26.5 Å². The van der Waals surface area contributed by atoms with E-state index in [4.69, 9.17) is 19.9 Å². The van der Waals surface area contributed by atoms with E-state index in [-0.39, 0.29) is 48.2 Å². The summed E-state index contributed by atoms with van der Waals surface area (Å²) in [4.78, 5) is 20.0. The van der Waals surface area contributed by atoms with E-state index < -0.39 is 52.9 Å². The number of hydrogen-bond acceptors (Lipinski definition) is 11. The molecule has 2 fully saturated rings. The molecule has 0 radical (unpaired) electrons. The Morgan fingerprint density at radius 2 is 1.89 bits per heavy atom. The van der Waals surface area contributed by atoms with Gasteiger partial charge in [0.1, 0.15) is 26.9 Å². The summed E-state index contributed by atoms with van der Waals surface area (Å²) in [5, 5.41) is 0.705. The number of carbonyl (C=O) groups excluding carboxylic acids is 1. The van der Waals surface area contributed by atoms with Gasteiger partial charge in [0.05, 0.1) is 49.4 Å². The molecule has 4 aromatic rings. The number of aromatic amines is 1. The minimum atomic E-state index is -6.15. The number of H-pyrrole nitrogens is 1. The fraction of sp³-hybridized carbons (Fsp3) is 0.310. The number of alkyl halides is 3. The van der Waals surface area contributed by atoms with Crippen LogP contribution < -0.4 is 15.2 Å². The molecule has 18 heteroatoms. The quantitative estimate of drug-likeness (QED) is 0.219. The summed E-state index contributed by atoms with van der Waals surface area (Å²) < 4.78 is 113. The van der Waals surface area contributed by atoms with Crippen molar-refractivity contribution in [2.45, 2.75) is 33.9 Å². The molecule has 2 saturated heterocycles. The van der Waals surface area contributed by atoms with E-state index in [1.54, 1.807) is 23.1 Å². The maximum Gasteiger partial charge on any atom is 0.502 e. The second-order valence-electron chi connectivity index (χ2n) is 10.9. The van der Waals surface area contributed by atoms with Gasteiger partial charge in [-0.05, 0) is 35.9 Å². The topological polar surface area (TPSA) is 183 Å². The van der Waals surface area contributed by atoms with Crippen molar-refractivity contribution in [3.63, 3.8) is 0 Å². The number of sulfone groups is 1. The zero-order valence-electron chi connectivity index (χ0n) is 24.4. The molecule has 2 aromatic heterocycles. The third kappa shape index (κ3) is 6.51. The highest BCUT2D eigenvalue weighted by atomic mass is 32.2. The van der Waals surface area contributed by atoms with Crippen LogP contribution >= 0.6 is 0 Å². The highest BCUT2D eigenvalue weighted by molar-refractivity contribution is 7.92. The fourth-order valence-corrected chi connectivity index (χ4v) is 7.70. The first-order chi connectivity index (χ1) is 22.2. The summed E-state index contributed by atoms with van der Waals surface area (Å²) in [5.74, 6) is -1.04. The summed E-state index contributed by atoms with van der Waals surface area (Å²) in [6.07, 6.45) is 2.03. The molecule has 0 spiro atoms. The molecule has 0 aliphatic carbocycles. The molecule has 2 aliphatic heterocycles. The van der Waals surface area contributed by atoms with Crippen LogP contribution in [-0.4, -0.2) is 88.2 Å². The van der Waals surface area contributed by atoms with Gasteiger partial charge in [0, 0.05) is 31.1 Å². The van der Waals surface area contributed by atoms with Crippen molar-refractivity contribution in [2.24, 2.45) is 0 Å². The Hall–Kier alpha value is -4.23. The van der Waals surface area contributed by atoms with Crippen molar-refractivity contribution in [3.05, 3.63) is 72.1 Å². The maximum absolute atomic E-state index is 13.9. The van der Waals surface area contributed by atoms with Gasteiger partial charge in [0.2, 0.25) is 0 Å². The monoisotopic (exact) mass is 695 g/mol. The number of hydrogen-bond donors (Lipinski definition) is 3. The second kappa shape index (κ2) is 12.4. The summed E-state index contributed by atoms with van der Waals surface area (Å²) in [6.45, 7) is 2.07. The van der Waals surface area contributed by atoms with Crippen molar-refractivity contribution in [3.8, 4) is 11.5 Å². The molecule has 1 atom stereocenters. The molecule has 0 saturated carbocycles. The number of pyridine rings is 1. The predicted molar refractivity (Wildman–Crippen MR) is 161 cm³/mol. The predicted octanol–water partition coefficient (Wildman–Crippen LogP) is 2.99. The van der Waals surface area contributed by atoms with Crippen LogP contribution in [-0.2, 0) is 35.8 Å². The number of amides is 1. The van der Waals surface area contributed by atoms with Gasteiger partial charge in [0.15, 0.2) is 0 Å². The lowest BCUT2D eigenvalue weighted by molar-refractivity contribution is -0.113. The van der Waals surface area contributed by atoms with Crippen LogP contribution in [0.25, 0.3) is 11.0 Å². The van der Waals surface area contributed by atoms with E-state index >= 15 is 0 Å². The molecular formula is C29H28F3N5O8S2. The van der Waals surface area contributed by atoms with E-state index in [2.05, 4.69) is 9.97 Å². The molecule has 1 amide bonds. The molecule has 4 N–H and O–H groups in total. The van der Waals surface area contributed by atoms with E-state index in [1.165, 1.54) is 30.5 Å². The number of nitrogen functional groups attached to an aromatic ring is 1. The number of carbonyl (C=O) groups is 1. The Balaban J connectivity index is 1.29. The van der Waals surface area contributed by atoms with Crippen LogP contribution in [0.15, 0.2) is 70.7 Å². The normalized spacial score (nSPS) is 18.1. The number of benzene rings is 2. The molecule has 250 valence electrons. The van der Waals surface area contributed by atoms with Crippen LogP contribution in [0.3, 0.4) is 0 Å². The van der Waals surface area contributed by atoms with Gasteiger partial charge in [-0.1, -0.05) is 18.2 Å². The van der Waals surface area contributed by atoms with Crippen LogP contribution in [0.5, 0.6) is 11.5 Å². The number of fused-ring (bicyclic) bond motifs is 1. The van der Waals surface area contributed by atoms with E-state index in [9.17, 15) is 34.8 Å². The minimum Gasteiger partial charge on any atom is -0.455 e. The summed E-state index contributed by atoms with van der Waals surface area (Å²) in [7, 11) is -11.2. The molecule has 6 rings (SSSR count). The summed E-state index contributed by atoms with van der Waals surface area (Å²) in [5.41, 5.74) is -1.10. The molecular weight excluding hydrogens is 667 g/mol. The van der Waals surface area contributed by atoms with Crippen LogP contribution in [0, 0.1) is 0 Å². The molecule has 0 bridgehead atoms. The lowest BCUT2D eigenvalue weighted by atomic mass is 10.0. The molecule has 4 heterocycles. The van der Waals surface area contributed by atoms with Gasteiger partial charge in [0.25, 0.3) is 25.8 Å². The highest BCUT2D eigenvalue weighted by Crippen LogP contribution is 2.39. The Morgan fingerprint density at radius 1 is 1.13 bits per heavy atom. The number of ether oxygens (including phenoxy) is 3. The lowest BCUT2D eigenvalue weighted by Crippen LogP contribution is -2.55. The smallest absolute Gasteiger partial charge is 0.455 e. The van der Waals surface area contributed by atoms with Crippen LogP contribution in [0.4, 0.5) is 18.9 Å². The number of aromatic nitrogens is 2. The van der Waals surface area contributed by atoms with E-state index in [1.807, 2.05) is 4.90 Å². The molecule has 13 nitrogen and oxygen atoms in total. The number of para-hydroxylation sites is 1. The first-order valence-corrected chi connectivity index (χ1v) is 17.1. The molecule has 2 aromatic carbocycles. The van der Waals surface area contributed by atoms with E-state index in [0.717, 1.165) is 12.1 Å². The van der Waals surface area contributed by atoms with Gasteiger partial charge >= 0.3 is 5.51 Å². The number of nitrogens with one attached hydrogen (secondary N) is 2. The van der Waals surface area contributed by atoms with Crippen molar-refractivity contribution in [1.82, 2.24) is 19.6 Å². The number of nitrogens with two attached hydrogens (primary N) is 1. The minimum absolute atomic E-state index is 0.0597. The molecule has 1 unspecified atom stereocenters. The first kappa shape index (κ1) is 32.7. The van der Waals surface area contributed by atoms with Crippen LogP contribution in [0.2, 0.25) is 0 Å². The standard InChI is InChI=1S/C29H28F3N5O8S2/c30-29(31,32)46(39,40)26-17(11-21-14-37(9-10-44-21)19-15-43-16-19)5-6-24(25(26)33)47(41,42)36-28(38)22-3-1-2-4-23(22)45-20-12-18-7-8-34-27(18)35-13-20/h1-8,12-13,19,21H,9-11,14-16,33H2,(H,34,35)(H,36,38). The van der Waals surface area contributed by atoms with Crippen LogP contribution in [0.1, 0.15) is 15.9 Å². The van der Waals surface area contributed by atoms with Gasteiger partial charge in [-0.2, -0.15) is 13.2 Å². The Kier molecular flexibility index (Phi) is 8.64. The first-order valence-electron chi connectivity index (χ1n) is 14.2. The Morgan fingerprint density at radius 3 is 2.62 bits per heavy atom. The third-order valence-electron chi connectivity index (χ3n) is 7.82.